The number of aryl methyl sites for hydroxylation is 1. The summed E-state index contributed by atoms with van der Waals surface area (Å²) in [5.41, 5.74) is 0. The molecule has 0 spiro atoms. The van der Waals surface area contributed by atoms with E-state index in [4.69, 9.17) is 4.74 Å². The Morgan fingerprint density at radius 1 is 1.38 bits per heavy atom. The summed E-state index contributed by atoms with van der Waals surface area (Å²) >= 11 is 0. The second-order valence-electron chi connectivity index (χ2n) is 6.68. The van der Waals surface area contributed by atoms with Crippen molar-refractivity contribution in [2.45, 2.75) is 45.6 Å². The van der Waals surface area contributed by atoms with E-state index >= 15 is 0 Å². The van der Waals surface area contributed by atoms with Crippen molar-refractivity contribution in [2.24, 2.45) is 5.92 Å². The van der Waals surface area contributed by atoms with Crippen molar-refractivity contribution in [1.29, 1.82) is 0 Å². The number of imidazole rings is 1. The van der Waals surface area contributed by atoms with Gasteiger partial charge in [0.15, 0.2) is 0 Å². The summed E-state index contributed by atoms with van der Waals surface area (Å²) < 4.78 is 36.2. The Balaban J connectivity index is 1.74. The highest BCUT2D eigenvalue weighted by molar-refractivity contribution is 7.87. The van der Waals surface area contributed by atoms with Crippen LogP contribution in [0.5, 0.6) is 0 Å². The van der Waals surface area contributed by atoms with E-state index in [9.17, 15) is 8.42 Å². The van der Waals surface area contributed by atoms with Crippen molar-refractivity contribution >= 4 is 10.2 Å². The number of hydrogen-bond acceptors (Lipinski definition) is 4. The molecule has 0 atom stereocenters. The van der Waals surface area contributed by atoms with Crippen molar-refractivity contribution in [3.8, 4) is 0 Å². The predicted molar refractivity (Wildman–Crippen MR) is 94.0 cm³/mol. The summed E-state index contributed by atoms with van der Waals surface area (Å²) in [6, 6.07) is 0. The summed E-state index contributed by atoms with van der Waals surface area (Å²) in [6.07, 6.45) is 6.21. The minimum absolute atomic E-state index is 0.366. The van der Waals surface area contributed by atoms with E-state index in [0.29, 0.717) is 38.1 Å². The molecule has 0 unspecified atom stereocenters. The number of nitrogens with zero attached hydrogens (tertiary/aromatic N) is 3. The molecular weight excluding hydrogens is 328 g/mol. The van der Waals surface area contributed by atoms with Gasteiger partial charge in [0.2, 0.25) is 0 Å². The molecule has 1 N–H and O–H groups in total. The van der Waals surface area contributed by atoms with E-state index < -0.39 is 10.2 Å². The molecule has 8 heteroatoms. The van der Waals surface area contributed by atoms with E-state index in [2.05, 4.69) is 28.1 Å². The fourth-order valence-corrected chi connectivity index (χ4v) is 4.38. The van der Waals surface area contributed by atoms with E-state index in [1.807, 2.05) is 6.20 Å². The second kappa shape index (κ2) is 8.94. The number of hydrogen-bond donors (Lipinski definition) is 1. The Morgan fingerprint density at radius 3 is 2.71 bits per heavy atom. The van der Waals surface area contributed by atoms with Crippen molar-refractivity contribution in [3.63, 3.8) is 0 Å². The fraction of sp³-hybridized carbons (Fsp3) is 0.812. The first-order valence-electron chi connectivity index (χ1n) is 8.68. The first-order chi connectivity index (χ1) is 11.4. The van der Waals surface area contributed by atoms with Crippen LogP contribution in [0.4, 0.5) is 0 Å². The molecule has 1 fully saturated rings. The molecule has 0 amide bonds. The van der Waals surface area contributed by atoms with E-state index in [0.717, 1.165) is 31.6 Å². The Hall–Kier alpha value is -0.960. The molecule has 7 nitrogen and oxygen atoms in total. The standard InChI is InChI=1S/C16H30N4O3S/c1-14(2)16-17-8-12-19(16)9-4-7-18-24(21,22)20-10-5-15(6-11-20)13-23-3/h8,12,14-15,18H,4-7,9-11,13H2,1-3H3. The molecule has 138 valence electrons. The maximum atomic E-state index is 12.4. The van der Waals surface area contributed by atoms with Crippen LogP contribution in [-0.2, 0) is 21.5 Å². The van der Waals surface area contributed by atoms with Crippen LogP contribution in [0.3, 0.4) is 0 Å². The molecule has 2 heterocycles. The lowest BCUT2D eigenvalue weighted by Gasteiger charge is -2.30. The molecule has 1 aliphatic rings. The SMILES string of the molecule is COCC1CCN(S(=O)(=O)NCCCn2ccnc2C(C)C)CC1. The molecule has 24 heavy (non-hydrogen) atoms. The summed E-state index contributed by atoms with van der Waals surface area (Å²) in [6.45, 7) is 7.28. The van der Waals surface area contributed by atoms with Gasteiger partial charge in [0, 0.05) is 58.2 Å². The maximum absolute atomic E-state index is 12.4. The van der Waals surface area contributed by atoms with Gasteiger partial charge < -0.3 is 9.30 Å². The number of methoxy groups -OCH3 is 1. The van der Waals surface area contributed by atoms with Gasteiger partial charge in [-0.15, -0.1) is 0 Å². The largest absolute Gasteiger partial charge is 0.384 e. The third-order valence-corrected chi connectivity index (χ3v) is 6.05. The number of ether oxygens (including phenoxy) is 1. The zero-order valence-electron chi connectivity index (χ0n) is 14.9. The maximum Gasteiger partial charge on any atom is 0.279 e. The van der Waals surface area contributed by atoms with Crippen molar-refractivity contribution < 1.29 is 13.2 Å². The first kappa shape index (κ1) is 19.4. The zero-order chi connectivity index (χ0) is 17.6. The zero-order valence-corrected chi connectivity index (χ0v) is 15.8. The normalized spacial score (nSPS) is 17.7. The Labute approximate surface area is 145 Å². The monoisotopic (exact) mass is 358 g/mol. The molecule has 0 bridgehead atoms. The van der Waals surface area contributed by atoms with Gasteiger partial charge in [-0.1, -0.05) is 13.8 Å². The van der Waals surface area contributed by atoms with E-state index in [1.165, 1.54) is 0 Å². The fourth-order valence-electron chi connectivity index (χ4n) is 3.10. The van der Waals surface area contributed by atoms with Crippen molar-refractivity contribution in [2.75, 3.05) is 33.4 Å². The van der Waals surface area contributed by atoms with Gasteiger partial charge in [-0.25, -0.2) is 9.71 Å². The summed E-state index contributed by atoms with van der Waals surface area (Å²) in [4.78, 5) is 4.34. The number of aromatic nitrogens is 2. The van der Waals surface area contributed by atoms with Crippen LogP contribution in [0, 0.1) is 5.92 Å². The Bertz CT molecular complexity index is 592. The summed E-state index contributed by atoms with van der Waals surface area (Å²) in [5, 5.41) is 0. The molecule has 0 saturated carbocycles. The van der Waals surface area contributed by atoms with E-state index in [1.54, 1.807) is 17.6 Å². The molecular formula is C16H30N4O3S. The highest BCUT2D eigenvalue weighted by Crippen LogP contribution is 2.19. The van der Waals surface area contributed by atoms with Gasteiger partial charge in [0.1, 0.15) is 5.82 Å². The van der Waals surface area contributed by atoms with Crippen molar-refractivity contribution in [3.05, 3.63) is 18.2 Å². The average molecular weight is 359 g/mol. The van der Waals surface area contributed by atoms with Gasteiger partial charge in [0.05, 0.1) is 0 Å². The minimum atomic E-state index is -3.37. The van der Waals surface area contributed by atoms with Crippen LogP contribution >= 0.6 is 0 Å². The molecule has 1 aromatic heterocycles. The molecule has 1 aliphatic heterocycles. The van der Waals surface area contributed by atoms with Gasteiger partial charge in [-0.05, 0) is 25.2 Å². The predicted octanol–water partition coefficient (Wildman–Crippen LogP) is 1.59. The van der Waals surface area contributed by atoms with Crippen LogP contribution in [0.15, 0.2) is 12.4 Å². The smallest absolute Gasteiger partial charge is 0.279 e. The third kappa shape index (κ3) is 5.27. The first-order valence-corrected chi connectivity index (χ1v) is 10.1. The van der Waals surface area contributed by atoms with Crippen LogP contribution < -0.4 is 4.72 Å². The highest BCUT2D eigenvalue weighted by atomic mass is 32.2. The van der Waals surface area contributed by atoms with E-state index in [-0.39, 0.29) is 0 Å². The summed E-state index contributed by atoms with van der Waals surface area (Å²) in [7, 11) is -1.68. The van der Waals surface area contributed by atoms with Crippen LogP contribution in [0.1, 0.15) is 44.9 Å². The van der Waals surface area contributed by atoms with Gasteiger partial charge in [-0.3, -0.25) is 0 Å². The lowest BCUT2D eigenvalue weighted by molar-refractivity contribution is 0.121. The number of nitrogens with one attached hydrogen (secondary N) is 1. The Kier molecular flexibility index (Phi) is 7.21. The van der Waals surface area contributed by atoms with Gasteiger partial charge in [-0.2, -0.15) is 12.7 Å². The van der Waals surface area contributed by atoms with Gasteiger partial charge >= 0.3 is 0 Å². The summed E-state index contributed by atoms with van der Waals surface area (Å²) in [5.74, 6) is 1.88. The minimum Gasteiger partial charge on any atom is -0.384 e. The molecule has 1 saturated heterocycles. The molecule has 0 aromatic carbocycles. The topological polar surface area (TPSA) is 76.5 Å². The molecule has 2 rings (SSSR count). The second-order valence-corrected chi connectivity index (χ2v) is 8.44. The lowest BCUT2D eigenvalue weighted by Crippen LogP contribution is -2.45. The number of rotatable bonds is 9. The quantitative estimate of drug-likeness (QED) is 0.680. The Morgan fingerprint density at radius 2 is 2.08 bits per heavy atom. The third-order valence-electron chi connectivity index (χ3n) is 4.44. The molecule has 0 aliphatic carbocycles. The van der Waals surface area contributed by atoms with Crippen LogP contribution in [-0.4, -0.2) is 55.6 Å². The molecule has 1 aromatic rings. The van der Waals surface area contributed by atoms with Crippen LogP contribution in [0.25, 0.3) is 0 Å². The highest BCUT2D eigenvalue weighted by Gasteiger charge is 2.27. The average Bonchev–Trinajstić information content (AvgIpc) is 3.01. The molecule has 0 radical (unpaired) electrons. The van der Waals surface area contributed by atoms with Crippen LogP contribution in [0.2, 0.25) is 0 Å². The van der Waals surface area contributed by atoms with Gasteiger partial charge in [0.25, 0.3) is 10.2 Å². The lowest BCUT2D eigenvalue weighted by atomic mass is 9.99. The number of piperidine rings is 1. The van der Waals surface area contributed by atoms with Crippen molar-refractivity contribution in [1.82, 2.24) is 18.6 Å².